The quantitative estimate of drug-likeness (QED) is 0.909. The number of nitrogens with zero attached hydrogens (tertiary/aromatic N) is 3. The number of nitrogens with two attached hydrogens (primary N) is 1. The Bertz CT molecular complexity index is 636. The maximum atomic E-state index is 6.00. The van der Waals surface area contributed by atoms with Crippen LogP contribution in [0.1, 0.15) is 30.0 Å². The van der Waals surface area contributed by atoms with Crippen molar-refractivity contribution in [1.29, 1.82) is 0 Å². The molecule has 2 heterocycles. The zero-order chi connectivity index (χ0) is 14.1. The molecule has 0 bridgehead atoms. The summed E-state index contributed by atoms with van der Waals surface area (Å²) in [6, 6.07) is 6.63. The van der Waals surface area contributed by atoms with E-state index in [0.717, 1.165) is 37.2 Å². The number of hydrogen-bond acceptors (Lipinski definition) is 4. The van der Waals surface area contributed by atoms with Crippen molar-refractivity contribution in [3.8, 4) is 0 Å². The number of aromatic nitrogens is 2. The number of aryl methyl sites for hydroxylation is 2. The highest BCUT2D eigenvalue weighted by molar-refractivity contribution is 5.70. The van der Waals surface area contributed by atoms with E-state index < -0.39 is 0 Å². The lowest BCUT2D eigenvalue weighted by Gasteiger charge is -2.32. The van der Waals surface area contributed by atoms with Gasteiger partial charge in [-0.1, -0.05) is 24.6 Å². The number of anilines is 3. The molecule has 1 aliphatic heterocycles. The first-order valence-electron chi connectivity index (χ1n) is 7.17. The molecule has 1 aromatic heterocycles. The first-order valence-corrected chi connectivity index (χ1v) is 7.17. The lowest BCUT2D eigenvalue weighted by molar-refractivity contribution is 0.753. The summed E-state index contributed by atoms with van der Waals surface area (Å²) >= 11 is 0. The third kappa shape index (κ3) is 2.11. The number of nitrogen functional groups attached to an aromatic ring is 1. The fourth-order valence-electron chi connectivity index (χ4n) is 2.93. The monoisotopic (exact) mass is 268 g/mol. The van der Waals surface area contributed by atoms with Gasteiger partial charge in [-0.2, -0.15) is 0 Å². The van der Waals surface area contributed by atoms with Crippen LogP contribution >= 0.6 is 0 Å². The molecule has 4 nitrogen and oxygen atoms in total. The highest BCUT2D eigenvalue weighted by atomic mass is 15.2. The number of rotatable bonds is 2. The molecule has 2 aromatic rings. The molecular formula is C16H20N4. The van der Waals surface area contributed by atoms with Gasteiger partial charge in [-0.05, 0) is 37.8 Å². The van der Waals surface area contributed by atoms with E-state index in [9.17, 15) is 0 Å². The summed E-state index contributed by atoms with van der Waals surface area (Å²) in [6.07, 6.45) is 4.69. The second-order valence-corrected chi connectivity index (χ2v) is 5.30. The molecule has 2 N–H and O–H groups in total. The molecule has 1 aromatic carbocycles. The standard InChI is InChI=1S/C16H20N4/c1-3-13-15(17)18-10-19-16(13)20-8-4-5-12-9-11(2)6-7-14(12)20/h6-7,9-10H,3-5,8H2,1-2H3,(H2,17,18,19). The van der Waals surface area contributed by atoms with E-state index in [-0.39, 0.29) is 0 Å². The summed E-state index contributed by atoms with van der Waals surface area (Å²) in [4.78, 5) is 10.9. The van der Waals surface area contributed by atoms with Crippen molar-refractivity contribution in [1.82, 2.24) is 9.97 Å². The van der Waals surface area contributed by atoms with Crippen molar-refractivity contribution in [2.75, 3.05) is 17.2 Å². The van der Waals surface area contributed by atoms with Crippen LogP contribution in [-0.4, -0.2) is 16.5 Å². The average molecular weight is 268 g/mol. The lowest BCUT2D eigenvalue weighted by atomic mass is 9.99. The summed E-state index contributed by atoms with van der Waals surface area (Å²) < 4.78 is 0. The molecule has 0 atom stereocenters. The van der Waals surface area contributed by atoms with Crippen molar-refractivity contribution in [3.05, 3.63) is 41.2 Å². The molecule has 104 valence electrons. The fraction of sp³-hybridized carbons (Fsp3) is 0.375. The molecule has 0 fully saturated rings. The van der Waals surface area contributed by atoms with E-state index in [1.54, 1.807) is 6.33 Å². The first kappa shape index (κ1) is 12.9. The van der Waals surface area contributed by atoms with Crippen molar-refractivity contribution < 1.29 is 0 Å². The summed E-state index contributed by atoms with van der Waals surface area (Å²) in [7, 11) is 0. The van der Waals surface area contributed by atoms with Gasteiger partial charge in [0.2, 0.25) is 0 Å². The van der Waals surface area contributed by atoms with E-state index in [4.69, 9.17) is 5.73 Å². The Balaban J connectivity index is 2.11. The van der Waals surface area contributed by atoms with Crippen molar-refractivity contribution in [2.24, 2.45) is 0 Å². The van der Waals surface area contributed by atoms with Crippen LogP contribution in [0.5, 0.6) is 0 Å². The second kappa shape index (κ2) is 5.12. The minimum Gasteiger partial charge on any atom is -0.383 e. The summed E-state index contributed by atoms with van der Waals surface area (Å²) in [5, 5.41) is 0. The highest BCUT2D eigenvalue weighted by Crippen LogP contribution is 2.35. The van der Waals surface area contributed by atoms with E-state index in [1.165, 1.54) is 16.8 Å². The van der Waals surface area contributed by atoms with E-state index >= 15 is 0 Å². The largest absolute Gasteiger partial charge is 0.383 e. The van der Waals surface area contributed by atoms with Crippen LogP contribution in [0.15, 0.2) is 24.5 Å². The van der Waals surface area contributed by atoms with Gasteiger partial charge in [0.15, 0.2) is 0 Å². The molecule has 20 heavy (non-hydrogen) atoms. The van der Waals surface area contributed by atoms with Crippen LogP contribution in [0, 0.1) is 6.92 Å². The van der Waals surface area contributed by atoms with Crippen molar-refractivity contribution in [2.45, 2.75) is 33.1 Å². The number of benzene rings is 1. The number of hydrogen-bond donors (Lipinski definition) is 1. The average Bonchev–Trinajstić information content (AvgIpc) is 2.46. The fourth-order valence-corrected chi connectivity index (χ4v) is 2.93. The van der Waals surface area contributed by atoms with Gasteiger partial charge < -0.3 is 10.6 Å². The van der Waals surface area contributed by atoms with Gasteiger partial charge >= 0.3 is 0 Å². The van der Waals surface area contributed by atoms with Crippen LogP contribution < -0.4 is 10.6 Å². The van der Waals surface area contributed by atoms with Crippen molar-refractivity contribution in [3.63, 3.8) is 0 Å². The second-order valence-electron chi connectivity index (χ2n) is 5.30. The molecular weight excluding hydrogens is 248 g/mol. The third-order valence-electron chi connectivity index (χ3n) is 3.92. The van der Waals surface area contributed by atoms with Gasteiger partial charge in [-0.25, -0.2) is 9.97 Å². The third-order valence-corrected chi connectivity index (χ3v) is 3.92. The van der Waals surface area contributed by atoms with Crippen LogP contribution in [0.25, 0.3) is 0 Å². The Morgan fingerprint density at radius 2 is 2.15 bits per heavy atom. The van der Waals surface area contributed by atoms with Gasteiger partial charge in [0.25, 0.3) is 0 Å². The smallest absolute Gasteiger partial charge is 0.141 e. The van der Waals surface area contributed by atoms with Gasteiger partial charge in [0.1, 0.15) is 18.0 Å². The lowest BCUT2D eigenvalue weighted by Crippen LogP contribution is -2.27. The maximum Gasteiger partial charge on any atom is 0.141 e. The molecule has 0 spiro atoms. The van der Waals surface area contributed by atoms with Crippen LogP contribution in [0.3, 0.4) is 0 Å². The normalized spacial score (nSPS) is 14.2. The Morgan fingerprint density at radius 1 is 1.30 bits per heavy atom. The summed E-state index contributed by atoms with van der Waals surface area (Å²) in [5.41, 5.74) is 11.0. The molecule has 0 aliphatic carbocycles. The first-order chi connectivity index (χ1) is 9.70. The summed E-state index contributed by atoms with van der Waals surface area (Å²) in [5.74, 6) is 1.56. The topological polar surface area (TPSA) is 55.0 Å². The van der Waals surface area contributed by atoms with Gasteiger partial charge in [0.05, 0.1) is 0 Å². The van der Waals surface area contributed by atoms with Crippen LogP contribution in [0.4, 0.5) is 17.3 Å². The van der Waals surface area contributed by atoms with E-state index in [2.05, 4.69) is 46.9 Å². The molecule has 0 saturated carbocycles. The van der Waals surface area contributed by atoms with E-state index in [1.807, 2.05) is 0 Å². The van der Waals surface area contributed by atoms with Crippen molar-refractivity contribution >= 4 is 17.3 Å². The summed E-state index contributed by atoms with van der Waals surface area (Å²) in [6.45, 7) is 5.22. The molecule has 3 rings (SSSR count). The minimum absolute atomic E-state index is 0.594. The predicted molar refractivity (Wildman–Crippen MR) is 82.3 cm³/mol. The SMILES string of the molecule is CCc1c(N)ncnc1N1CCCc2cc(C)ccc21. The zero-order valence-electron chi connectivity index (χ0n) is 12.1. The molecule has 0 radical (unpaired) electrons. The Morgan fingerprint density at radius 3 is 2.95 bits per heavy atom. The predicted octanol–water partition coefficient (Wildman–Crippen LogP) is 3.01. The number of fused-ring (bicyclic) bond motifs is 1. The zero-order valence-corrected chi connectivity index (χ0v) is 12.1. The molecule has 0 saturated heterocycles. The van der Waals surface area contributed by atoms with Crippen LogP contribution in [-0.2, 0) is 12.8 Å². The Hall–Kier alpha value is -2.10. The van der Waals surface area contributed by atoms with Gasteiger partial charge in [-0.3, -0.25) is 0 Å². The Labute approximate surface area is 119 Å². The van der Waals surface area contributed by atoms with E-state index in [0.29, 0.717) is 5.82 Å². The minimum atomic E-state index is 0.594. The van der Waals surface area contributed by atoms with Crippen LogP contribution in [0.2, 0.25) is 0 Å². The molecule has 0 unspecified atom stereocenters. The molecule has 0 amide bonds. The van der Waals surface area contributed by atoms with Gasteiger partial charge in [0, 0.05) is 17.8 Å². The Kier molecular flexibility index (Phi) is 3.30. The maximum absolute atomic E-state index is 6.00. The molecule has 4 heteroatoms. The molecule has 1 aliphatic rings. The highest BCUT2D eigenvalue weighted by Gasteiger charge is 2.22. The van der Waals surface area contributed by atoms with Gasteiger partial charge in [-0.15, -0.1) is 0 Å².